The Bertz CT molecular complexity index is 330. The van der Waals surface area contributed by atoms with E-state index in [0.717, 1.165) is 19.5 Å². The van der Waals surface area contributed by atoms with Gasteiger partial charge in [0.05, 0.1) is 12.0 Å². The number of likely N-dealkylation sites (tertiary alicyclic amines) is 1. The highest BCUT2D eigenvalue weighted by molar-refractivity contribution is 5.67. The molecule has 0 aromatic heterocycles. The first-order valence-corrected chi connectivity index (χ1v) is 6.37. The molecule has 0 unspecified atom stereocenters. The highest BCUT2D eigenvalue weighted by atomic mass is 16.6. The van der Waals surface area contributed by atoms with Crippen molar-refractivity contribution < 1.29 is 9.53 Å². The van der Waals surface area contributed by atoms with Crippen molar-refractivity contribution >= 4 is 6.09 Å². The van der Waals surface area contributed by atoms with Crippen molar-refractivity contribution in [1.29, 1.82) is 5.26 Å². The number of nitrogens with zero attached hydrogens (tertiary/aromatic N) is 2. The Morgan fingerprint density at radius 2 is 2.22 bits per heavy atom. The van der Waals surface area contributed by atoms with Gasteiger partial charge in [-0.05, 0) is 46.7 Å². The number of carbonyl (C=O) groups excluding carboxylic acids is 1. The van der Waals surface area contributed by atoms with Crippen LogP contribution in [0, 0.1) is 23.2 Å². The minimum atomic E-state index is -0.481. The van der Waals surface area contributed by atoms with Gasteiger partial charge in [-0.1, -0.05) is 0 Å². The highest BCUT2D eigenvalue weighted by Crippen LogP contribution is 2.21. The zero-order chi connectivity index (χ0) is 13.8. The van der Waals surface area contributed by atoms with Gasteiger partial charge in [0.15, 0.2) is 0 Å². The van der Waals surface area contributed by atoms with Crippen LogP contribution in [0.25, 0.3) is 0 Å². The lowest BCUT2D eigenvalue weighted by atomic mass is 9.87. The summed E-state index contributed by atoms with van der Waals surface area (Å²) in [7, 11) is 2.02. The summed E-state index contributed by atoms with van der Waals surface area (Å²) >= 11 is 0. The third-order valence-corrected chi connectivity index (χ3v) is 3.03. The van der Waals surface area contributed by atoms with Crippen LogP contribution in [0.2, 0.25) is 0 Å². The highest BCUT2D eigenvalue weighted by Gasteiger charge is 2.28. The smallest absolute Gasteiger partial charge is 0.407 e. The average Bonchev–Trinajstić information content (AvgIpc) is 2.24. The first kappa shape index (κ1) is 14.8. The van der Waals surface area contributed by atoms with Crippen LogP contribution in [0.15, 0.2) is 0 Å². The molecule has 1 fully saturated rings. The number of rotatable bonds is 2. The first-order chi connectivity index (χ1) is 8.31. The maximum atomic E-state index is 11.5. The van der Waals surface area contributed by atoms with Crippen molar-refractivity contribution in [2.75, 3.05) is 26.7 Å². The van der Waals surface area contributed by atoms with Gasteiger partial charge in [-0.15, -0.1) is 0 Å². The topological polar surface area (TPSA) is 65.4 Å². The molecule has 18 heavy (non-hydrogen) atoms. The molecule has 1 aliphatic rings. The summed E-state index contributed by atoms with van der Waals surface area (Å²) in [6.45, 7) is 7.76. The number of nitriles is 1. The number of ether oxygens (including phenoxy) is 1. The Morgan fingerprint density at radius 3 is 2.78 bits per heavy atom. The molecule has 0 bridgehead atoms. The van der Waals surface area contributed by atoms with Gasteiger partial charge in [0, 0.05) is 13.1 Å². The van der Waals surface area contributed by atoms with Crippen molar-refractivity contribution in [2.45, 2.75) is 32.8 Å². The van der Waals surface area contributed by atoms with Crippen molar-refractivity contribution in [3.05, 3.63) is 0 Å². The number of hydrogen-bond acceptors (Lipinski definition) is 4. The van der Waals surface area contributed by atoms with Gasteiger partial charge in [0.2, 0.25) is 0 Å². The molecule has 0 aliphatic carbocycles. The third kappa shape index (κ3) is 4.92. The molecular weight excluding hydrogens is 230 g/mol. The van der Waals surface area contributed by atoms with Crippen LogP contribution in [0.5, 0.6) is 0 Å². The molecule has 1 amide bonds. The van der Waals surface area contributed by atoms with E-state index in [1.165, 1.54) is 0 Å². The molecule has 0 spiro atoms. The van der Waals surface area contributed by atoms with Crippen LogP contribution in [0.3, 0.4) is 0 Å². The summed E-state index contributed by atoms with van der Waals surface area (Å²) in [5.41, 5.74) is -0.481. The van der Waals surface area contributed by atoms with E-state index in [1.807, 2.05) is 27.8 Å². The molecular formula is C13H23N3O2. The second-order valence-corrected chi connectivity index (χ2v) is 5.93. The maximum absolute atomic E-state index is 11.5. The molecule has 1 saturated heterocycles. The molecule has 1 aliphatic heterocycles. The van der Waals surface area contributed by atoms with Crippen molar-refractivity contribution in [3.63, 3.8) is 0 Å². The van der Waals surface area contributed by atoms with Gasteiger partial charge in [-0.3, -0.25) is 0 Å². The van der Waals surface area contributed by atoms with Gasteiger partial charge in [-0.25, -0.2) is 4.79 Å². The minimum Gasteiger partial charge on any atom is -0.444 e. The lowest BCUT2D eigenvalue weighted by Gasteiger charge is -2.33. The molecule has 1 N–H and O–H groups in total. The fourth-order valence-electron chi connectivity index (χ4n) is 2.08. The van der Waals surface area contributed by atoms with E-state index in [4.69, 9.17) is 10.00 Å². The normalized spacial score (nSPS) is 25.3. The zero-order valence-electron chi connectivity index (χ0n) is 11.7. The lowest BCUT2D eigenvalue weighted by Crippen LogP contribution is -2.43. The quantitative estimate of drug-likeness (QED) is 0.812. The van der Waals surface area contributed by atoms with Gasteiger partial charge >= 0.3 is 6.09 Å². The maximum Gasteiger partial charge on any atom is 0.407 e. The summed E-state index contributed by atoms with van der Waals surface area (Å²) in [6.07, 6.45) is 0.531. The molecule has 1 heterocycles. The van der Waals surface area contributed by atoms with Crippen LogP contribution in [-0.4, -0.2) is 43.3 Å². The Morgan fingerprint density at radius 1 is 1.56 bits per heavy atom. The molecule has 0 aromatic rings. The van der Waals surface area contributed by atoms with Crippen LogP contribution >= 0.6 is 0 Å². The monoisotopic (exact) mass is 253 g/mol. The van der Waals surface area contributed by atoms with E-state index < -0.39 is 11.7 Å². The fourth-order valence-corrected chi connectivity index (χ4v) is 2.08. The first-order valence-electron chi connectivity index (χ1n) is 6.37. The number of carbonyl (C=O) groups is 1. The molecule has 0 saturated carbocycles. The van der Waals surface area contributed by atoms with Crippen LogP contribution < -0.4 is 5.32 Å². The average molecular weight is 253 g/mol. The SMILES string of the molecule is CN1CC[C@@H](CNC(=O)OC(C)(C)C)[C@@H](C#N)C1. The van der Waals surface area contributed by atoms with E-state index in [2.05, 4.69) is 16.3 Å². The van der Waals surface area contributed by atoms with Crippen molar-refractivity contribution in [1.82, 2.24) is 10.2 Å². The Balaban J connectivity index is 2.39. The number of nitrogens with one attached hydrogen (secondary N) is 1. The van der Waals surface area contributed by atoms with Gasteiger partial charge in [-0.2, -0.15) is 5.26 Å². The zero-order valence-corrected chi connectivity index (χ0v) is 11.7. The van der Waals surface area contributed by atoms with E-state index in [0.29, 0.717) is 6.54 Å². The van der Waals surface area contributed by atoms with Crippen LogP contribution in [0.4, 0.5) is 4.79 Å². The summed E-state index contributed by atoms with van der Waals surface area (Å²) in [4.78, 5) is 13.7. The second-order valence-electron chi connectivity index (χ2n) is 5.93. The molecule has 1 rings (SSSR count). The summed E-state index contributed by atoms with van der Waals surface area (Å²) in [5, 5.41) is 11.9. The van der Waals surface area contributed by atoms with Crippen LogP contribution in [0.1, 0.15) is 27.2 Å². The summed E-state index contributed by atoms with van der Waals surface area (Å²) < 4.78 is 5.18. The van der Waals surface area contributed by atoms with Gasteiger partial charge < -0.3 is 15.0 Å². The largest absolute Gasteiger partial charge is 0.444 e. The Kier molecular flexibility index (Phi) is 4.97. The van der Waals surface area contributed by atoms with Gasteiger partial charge in [0.1, 0.15) is 5.60 Å². The summed E-state index contributed by atoms with van der Waals surface area (Å²) in [6, 6.07) is 2.32. The molecule has 2 atom stereocenters. The molecule has 102 valence electrons. The number of alkyl carbamates (subject to hydrolysis) is 1. The van der Waals surface area contributed by atoms with E-state index >= 15 is 0 Å². The molecule has 0 aromatic carbocycles. The van der Waals surface area contributed by atoms with Gasteiger partial charge in [0.25, 0.3) is 0 Å². The molecule has 5 nitrogen and oxygen atoms in total. The van der Waals surface area contributed by atoms with Crippen molar-refractivity contribution in [3.8, 4) is 6.07 Å². The lowest BCUT2D eigenvalue weighted by molar-refractivity contribution is 0.0504. The number of piperidine rings is 1. The Labute approximate surface area is 109 Å². The van der Waals surface area contributed by atoms with E-state index in [-0.39, 0.29) is 11.8 Å². The Hall–Kier alpha value is -1.28. The molecule has 0 radical (unpaired) electrons. The standard InChI is InChI=1S/C13H23N3O2/c1-13(2,3)18-12(17)15-8-10-5-6-16(4)9-11(10)7-14/h10-11H,5-6,8-9H2,1-4H3,(H,15,17)/t10-,11-/m0/s1. The van der Waals surface area contributed by atoms with Crippen LogP contribution in [-0.2, 0) is 4.74 Å². The summed E-state index contributed by atoms with van der Waals surface area (Å²) in [5.74, 6) is 0.206. The van der Waals surface area contributed by atoms with Crippen molar-refractivity contribution in [2.24, 2.45) is 11.8 Å². The third-order valence-electron chi connectivity index (χ3n) is 3.03. The predicted molar refractivity (Wildman–Crippen MR) is 68.9 cm³/mol. The van der Waals surface area contributed by atoms with E-state index in [1.54, 1.807) is 0 Å². The van der Waals surface area contributed by atoms with E-state index in [9.17, 15) is 4.79 Å². The minimum absolute atomic E-state index is 0.0151. The fraction of sp³-hybridized carbons (Fsp3) is 0.846. The predicted octanol–water partition coefficient (Wildman–Crippen LogP) is 1.60. The second kappa shape index (κ2) is 6.05. The number of amides is 1. The molecule has 5 heteroatoms. The number of hydrogen-bond donors (Lipinski definition) is 1.